The fraction of sp³-hybridized carbons (Fsp3) is 0.500. The second kappa shape index (κ2) is 5.47. The van der Waals surface area contributed by atoms with Gasteiger partial charge in [0.1, 0.15) is 11.1 Å². The molecule has 0 bridgehead atoms. The number of carbonyl (C=O) groups is 1. The third kappa shape index (κ3) is 2.89. The predicted molar refractivity (Wildman–Crippen MR) is 74.3 cm³/mol. The average molecular weight is 274 g/mol. The zero-order valence-electron chi connectivity index (χ0n) is 11.7. The van der Waals surface area contributed by atoms with Crippen LogP contribution in [-0.4, -0.2) is 41.5 Å². The predicted octanol–water partition coefficient (Wildman–Crippen LogP) is 0.401. The minimum atomic E-state index is -0.874. The molecular formula is C14H18N4O2. The highest BCUT2D eigenvalue weighted by molar-refractivity contribution is 5.94. The van der Waals surface area contributed by atoms with Crippen molar-refractivity contribution in [2.24, 2.45) is 0 Å². The number of rotatable bonds is 2. The van der Waals surface area contributed by atoms with E-state index in [9.17, 15) is 14.9 Å². The van der Waals surface area contributed by atoms with E-state index in [1.54, 1.807) is 6.92 Å². The summed E-state index contributed by atoms with van der Waals surface area (Å²) in [5.74, 6) is -0.489. The van der Waals surface area contributed by atoms with Crippen LogP contribution in [0.2, 0.25) is 0 Å². The molecule has 1 aromatic rings. The quantitative estimate of drug-likeness (QED) is 0.817. The SMILES string of the molecule is Cc1cc(=O)c(C(=O)NC2(C#N)CCN(C)CC2)c[nH]1. The number of aryl methyl sites for hydroxylation is 1. The molecule has 20 heavy (non-hydrogen) atoms. The number of hydrogen-bond acceptors (Lipinski definition) is 4. The van der Waals surface area contributed by atoms with Gasteiger partial charge >= 0.3 is 0 Å². The van der Waals surface area contributed by atoms with Gasteiger partial charge < -0.3 is 15.2 Å². The number of nitrogens with one attached hydrogen (secondary N) is 2. The Kier molecular flexibility index (Phi) is 3.91. The van der Waals surface area contributed by atoms with E-state index in [4.69, 9.17) is 0 Å². The summed E-state index contributed by atoms with van der Waals surface area (Å²) in [7, 11) is 1.98. The third-order valence-electron chi connectivity index (χ3n) is 3.71. The van der Waals surface area contributed by atoms with Crippen molar-refractivity contribution in [1.82, 2.24) is 15.2 Å². The van der Waals surface area contributed by atoms with Crippen molar-refractivity contribution in [1.29, 1.82) is 5.26 Å². The lowest BCUT2D eigenvalue weighted by Gasteiger charge is -2.35. The highest BCUT2D eigenvalue weighted by atomic mass is 16.2. The summed E-state index contributed by atoms with van der Waals surface area (Å²) in [6, 6.07) is 3.58. The molecule has 1 aromatic heterocycles. The first-order valence-corrected chi connectivity index (χ1v) is 6.57. The third-order valence-corrected chi connectivity index (χ3v) is 3.71. The van der Waals surface area contributed by atoms with Gasteiger partial charge in [0.25, 0.3) is 5.91 Å². The van der Waals surface area contributed by atoms with Crippen molar-refractivity contribution in [3.05, 3.63) is 33.7 Å². The molecule has 0 aliphatic carbocycles. The van der Waals surface area contributed by atoms with Gasteiger partial charge in [0.05, 0.1) is 6.07 Å². The highest BCUT2D eigenvalue weighted by Crippen LogP contribution is 2.21. The number of nitrogens with zero attached hydrogens (tertiary/aromatic N) is 2. The van der Waals surface area contributed by atoms with Crippen molar-refractivity contribution in [3.63, 3.8) is 0 Å². The van der Waals surface area contributed by atoms with Crippen molar-refractivity contribution in [3.8, 4) is 6.07 Å². The van der Waals surface area contributed by atoms with E-state index >= 15 is 0 Å². The number of aromatic amines is 1. The first-order valence-electron chi connectivity index (χ1n) is 6.57. The Balaban J connectivity index is 2.18. The maximum Gasteiger partial charge on any atom is 0.257 e. The van der Waals surface area contributed by atoms with E-state index in [0.29, 0.717) is 18.5 Å². The fourth-order valence-corrected chi connectivity index (χ4v) is 2.30. The molecular weight excluding hydrogens is 256 g/mol. The number of carbonyl (C=O) groups excluding carboxylic acids is 1. The van der Waals surface area contributed by atoms with Gasteiger partial charge in [-0.2, -0.15) is 5.26 Å². The van der Waals surface area contributed by atoms with Crippen molar-refractivity contribution in [2.45, 2.75) is 25.3 Å². The lowest BCUT2D eigenvalue weighted by atomic mass is 9.89. The Morgan fingerprint density at radius 3 is 2.70 bits per heavy atom. The summed E-state index contributed by atoms with van der Waals surface area (Å²) >= 11 is 0. The van der Waals surface area contributed by atoms with Crippen molar-refractivity contribution >= 4 is 5.91 Å². The van der Waals surface area contributed by atoms with Crippen molar-refractivity contribution < 1.29 is 4.79 Å². The van der Waals surface area contributed by atoms with Crippen LogP contribution in [0.4, 0.5) is 0 Å². The molecule has 106 valence electrons. The van der Waals surface area contributed by atoms with Crippen LogP contribution in [0, 0.1) is 18.3 Å². The largest absolute Gasteiger partial charge is 0.364 e. The van der Waals surface area contributed by atoms with Crippen LogP contribution >= 0.6 is 0 Å². The zero-order valence-corrected chi connectivity index (χ0v) is 11.7. The number of likely N-dealkylation sites (tertiary alicyclic amines) is 1. The molecule has 0 radical (unpaired) electrons. The summed E-state index contributed by atoms with van der Waals surface area (Å²) in [5, 5.41) is 12.1. The minimum absolute atomic E-state index is 0.0455. The average Bonchev–Trinajstić information content (AvgIpc) is 2.41. The summed E-state index contributed by atoms with van der Waals surface area (Å²) in [6.07, 6.45) is 2.53. The zero-order chi connectivity index (χ0) is 14.8. The lowest BCUT2D eigenvalue weighted by Crippen LogP contribution is -2.54. The molecule has 0 unspecified atom stereocenters. The molecule has 1 amide bonds. The number of hydrogen-bond donors (Lipinski definition) is 2. The Labute approximate surface area is 117 Å². The standard InChI is InChI=1S/C14H18N4O2/c1-10-7-12(19)11(8-16-10)13(20)17-14(9-15)3-5-18(2)6-4-14/h7-8H,3-6H2,1-2H3,(H,16,19)(H,17,20). The first kappa shape index (κ1) is 14.3. The van der Waals surface area contributed by atoms with Crippen LogP contribution in [0.1, 0.15) is 28.9 Å². The molecule has 0 spiro atoms. The lowest BCUT2D eigenvalue weighted by molar-refractivity contribution is 0.0880. The second-order valence-corrected chi connectivity index (χ2v) is 5.35. The molecule has 1 saturated heterocycles. The normalized spacial score (nSPS) is 18.2. The Bertz CT molecular complexity index is 606. The van der Waals surface area contributed by atoms with E-state index < -0.39 is 11.4 Å². The summed E-state index contributed by atoms with van der Waals surface area (Å²) < 4.78 is 0. The van der Waals surface area contributed by atoms with Gasteiger partial charge in [0.15, 0.2) is 5.43 Å². The van der Waals surface area contributed by atoms with Gasteiger partial charge in [-0.25, -0.2) is 0 Å². The van der Waals surface area contributed by atoms with Gasteiger partial charge in [0, 0.05) is 31.0 Å². The smallest absolute Gasteiger partial charge is 0.257 e. The molecule has 0 atom stereocenters. The van der Waals surface area contributed by atoms with Crippen molar-refractivity contribution in [2.75, 3.05) is 20.1 Å². The Hall–Kier alpha value is -2.13. The molecule has 2 heterocycles. The van der Waals surface area contributed by atoms with Gasteiger partial charge in [-0.05, 0) is 26.8 Å². The molecule has 6 nitrogen and oxygen atoms in total. The van der Waals surface area contributed by atoms with Crippen LogP contribution in [0.5, 0.6) is 0 Å². The minimum Gasteiger partial charge on any atom is -0.364 e. The van der Waals surface area contributed by atoms with E-state index in [-0.39, 0.29) is 11.0 Å². The summed E-state index contributed by atoms with van der Waals surface area (Å²) in [5.41, 5.74) is -0.467. The van der Waals surface area contributed by atoms with Gasteiger partial charge in [-0.1, -0.05) is 0 Å². The number of aromatic nitrogens is 1. The number of H-pyrrole nitrogens is 1. The molecule has 2 N–H and O–H groups in total. The van der Waals surface area contributed by atoms with E-state index in [1.165, 1.54) is 12.3 Å². The molecule has 0 saturated carbocycles. The van der Waals surface area contributed by atoms with Crippen LogP contribution in [0.15, 0.2) is 17.1 Å². The Morgan fingerprint density at radius 2 is 2.15 bits per heavy atom. The molecule has 1 aliphatic rings. The van der Waals surface area contributed by atoms with Gasteiger partial charge in [0.2, 0.25) is 0 Å². The van der Waals surface area contributed by atoms with Gasteiger partial charge in [-0.15, -0.1) is 0 Å². The molecule has 1 fully saturated rings. The molecule has 1 aliphatic heterocycles. The summed E-state index contributed by atoms with van der Waals surface area (Å²) in [4.78, 5) is 28.9. The van der Waals surface area contributed by atoms with Gasteiger partial charge in [-0.3, -0.25) is 9.59 Å². The second-order valence-electron chi connectivity index (χ2n) is 5.35. The van der Waals surface area contributed by atoms with E-state index in [0.717, 1.165) is 13.1 Å². The number of nitriles is 1. The topological polar surface area (TPSA) is 89.0 Å². The molecule has 0 aromatic carbocycles. The molecule has 2 rings (SSSR count). The fourth-order valence-electron chi connectivity index (χ4n) is 2.30. The van der Waals surface area contributed by atoms with Crippen LogP contribution in [0.25, 0.3) is 0 Å². The maximum atomic E-state index is 12.2. The van der Waals surface area contributed by atoms with Crippen LogP contribution in [-0.2, 0) is 0 Å². The van der Waals surface area contributed by atoms with Crippen LogP contribution in [0.3, 0.4) is 0 Å². The maximum absolute atomic E-state index is 12.2. The monoisotopic (exact) mass is 274 g/mol. The highest BCUT2D eigenvalue weighted by Gasteiger charge is 2.35. The first-order chi connectivity index (χ1) is 9.46. The number of pyridine rings is 1. The number of piperidine rings is 1. The van der Waals surface area contributed by atoms with E-state index in [2.05, 4.69) is 21.3 Å². The van der Waals surface area contributed by atoms with Crippen LogP contribution < -0.4 is 10.7 Å². The number of amides is 1. The van der Waals surface area contributed by atoms with E-state index in [1.807, 2.05) is 7.05 Å². The summed E-state index contributed by atoms with van der Waals surface area (Å²) in [6.45, 7) is 3.24. The Morgan fingerprint density at radius 1 is 1.50 bits per heavy atom. The molecule has 6 heteroatoms.